The Labute approximate surface area is 265 Å². The molecule has 14 heteroatoms. The van der Waals surface area contributed by atoms with E-state index in [1.54, 1.807) is 61.5 Å². The first-order valence-corrected chi connectivity index (χ1v) is 14.2. The lowest BCUT2D eigenvalue weighted by atomic mass is 9.80. The van der Waals surface area contributed by atoms with Crippen molar-refractivity contribution in [3.8, 4) is 34.5 Å². The summed E-state index contributed by atoms with van der Waals surface area (Å²) >= 11 is 0. The topological polar surface area (TPSA) is 159 Å². The molecule has 2 heterocycles. The second kappa shape index (κ2) is 14.4. The van der Waals surface area contributed by atoms with Gasteiger partial charge in [-0.25, -0.2) is 9.59 Å². The van der Waals surface area contributed by atoms with Crippen LogP contribution in [-0.2, 0) is 27.3 Å². The molecule has 4 aromatic carbocycles. The number of carboxylic acid groups (broad SMARTS) is 1. The second-order valence-corrected chi connectivity index (χ2v) is 10.0. The number of carboxylic acids is 1. The molecular weight excluding hydrogens is 598 g/mol. The van der Waals surface area contributed by atoms with E-state index >= 15 is 0 Å². The summed E-state index contributed by atoms with van der Waals surface area (Å²) in [5.41, 5.74) is 3.63. The van der Waals surface area contributed by atoms with Gasteiger partial charge >= 0.3 is 26.2 Å². The number of carbonyl (C=O) groups is 2. The van der Waals surface area contributed by atoms with Gasteiger partial charge in [-0.05, 0) is 77.5 Å². The van der Waals surface area contributed by atoms with Crippen LogP contribution in [0, 0.1) is 0 Å². The van der Waals surface area contributed by atoms with Gasteiger partial charge in [-0.2, -0.15) is 0 Å². The number of hydrogen-bond donors (Lipinski definition) is 3. The zero-order valence-electron chi connectivity index (χ0n) is 25.2. The molecule has 4 aromatic rings. The van der Waals surface area contributed by atoms with E-state index in [1.807, 2.05) is 6.07 Å². The molecular formula is C32H30B2O12. The van der Waals surface area contributed by atoms with E-state index in [1.165, 1.54) is 26.4 Å². The van der Waals surface area contributed by atoms with Crippen molar-refractivity contribution in [1.82, 2.24) is 0 Å². The van der Waals surface area contributed by atoms with Gasteiger partial charge in [0.15, 0.2) is 0 Å². The van der Waals surface area contributed by atoms with Crippen molar-refractivity contribution in [3.63, 3.8) is 0 Å². The summed E-state index contributed by atoms with van der Waals surface area (Å²) in [4.78, 5) is 22.9. The normalized spacial score (nSPS) is 12.8. The largest absolute Gasteiger partial charge is 0.496 e. The molecule has 236 valence electrons. The molecule has 6 rings (SSSR count). The van der Waals surface area contributed by atoms with E-state index in [2.05, 4.69) is 0 Å². The highest BCUT2D eigenvalue weighted by Gasteiger charge is 2.28. The lowest BCUT2D eigenvalue weighted by molar-refractivity contribution is 0.0522. The predicted octanol–water partition coefficient (Wildman–Crippen LogP) is 3.29. The molecule has 12 nitrogen and oxygen atoms in total. The maximum atomic E-state index is 11.9. The average Bonchev–Trinajstić information content (AvgIpc) is 3.62. The lowest BCUT2D eigenvalue weighted by Crippen LogP contribution is -2.27. The minimum Gasteiger partial charge on any atom is -0.496 e. The van der Waals surface area contributed by atoms with Gasteiger partial charge in [-0.3, -0.25) is 0 Å². The minimum absolute atomic E-state index is 0.0697. The third-order valence-electron chi connectivity index (χ3n) is 7.10. The minimum atomic E-state index is -1.06. The van der Waals surface area contributed by atoms with Gasteiger partial charge < -0.3 is 48.1 Å². The quantitative estimate of drug-likeness (QED) is 0.184. The van der Waals surface area contributed by atoms with E-state index in [0.29, 0.717) is 54.1 Å². The van der Waals surface area contributed by atoms with Crippen LogP contribution in [0.4, 0.5) is 0 Å². The Morgan fingerprint density at radius 2 is 1.13 bits per heavy atom. The van der Waals surface area contributed by atoms with Crippen LogP contribution in [0.3, 0.4) is 0 Å². The number of esters is 1. The van der Waals surface area contributed by atoms with Crippen molar-refractivity contribution in [2.24, 2.45) is 0 Å². The standard InChI is InChI=1S/C17H17BO6.C15H13BO6/c1-3-22-17(19)14-6-4-13(9-16(14)21-2)24-12-5-7-15-11(8-12)10-23-18(15)20;1-20-14-7-11(2-4-12(14)15(17)18)22-10-3-5-13-9(6-10)8-21-16(13)19/h4-9,20H,3,10H2,1-2H3;2-7,19H,8H2,1H3,(H,17,18). The fourth-order valence-corrected chi connectivity index (χ4v) is 4.84. The number of methoxy groups -OCH3 is 2. The molecule has 0 amide bonds. The van der Waals surface area contributed by atoms with Gasteiger partial charge in [0.05, 0.1) is 34.0 Å². The van der Waals surface area contributed by atoms with E-state index in [0.717, 1.165) is 22.1 Å². The SMILES string of the molecule is CCOC(=O)c1ccc(Oc2ccc3c(c2)COB3O)cc1OC.COc1cc(Oc2ccc3c(c2)COB3O)ccc1C(=O)O. The molecule has 0 saturated carbocycles. The van der Waals surface area contributed by atoms with Crippen molar-refractivity contribution in [2.75, 3.05) is 20.8 Å². The number of rotatable bonds is 9. The Balaban J connectivity index is 0.000000182. The maximum Gasteiger partial charge on any atom is 0.491 e. The Bertz CT molecular complexity index is 1740. The number of ether oxygens (including phenoxy) is 5. The van der Waals surface area contributed by atoms with Crippen molar-refractivity contribution in [2.45, 2.75) is 20.1 Å². The Morgan fingerprint density at radius 1 is 0.696 bits per heavy atom. The summed E-state index contributed by atoms with van der Waals surface area (Å²) in [6, 6.07) is 20.0. The van der Waals surface area contributed by atoms with E-state index in [-0.39, 0.29) is 11.3 Å². The van der Waals surface area contributed by atoms with Crippen molar-refractivity contribution < 1.29 is 57.7 Å². The summed E-state index contributed by atoms with van der Waals surface area (Å²) in [6.07, 6.45) is 0. The smallest absolute Gasteiger partial charge is 0.491 e. The molecule has 2 aliphatic rings. The molecule has 0 aromatic heterocycles. The summed E-state index contributed by atoms with van der Waals surface area (Å²) in [6.45, 7) is 2.72. The third kappa shape index (κ3) is 7.27. The van der Waals surface area contributed by atoms with E-state index < -0.39 is 26.2 Å². The highest BCUT2D eigenvalue weighted by molar-refractivity contribution is 6.62. The summed E-state index contributed by atoms with van der Waals surface area (Å²) in [5.74, 6) is 1.27. The predicted molar refractivity (Wildman–Crippen MR) is 167 cm³/mol. The average molecular weight is 628 g/mol. The monoisotopic (exact) mass is 628 g/mol. The third-order valence-corrected chi connectivity index (χ3v) is 7.10. The van der Waals surface area contributed by atoms with Crippen LogP contribution in [0.2, 0.25) is 0 Å². The zero-order valence-corrected chi connectivity index (χ0v) is 25.2. The Hall–Kier alpha value is -5.01. The van der Waals surface area contributed by atoms with Crippen LogP contribution in [-0.4, -0.2) is 62.2 Å². The molecule has 0 unspecified atom stereocenters. The maximum absolute atomic E-state index is 11.9. The van der Waals surface area contributed by atoms with Crippen LogP contribution in [0.1, 0.15) is 38.8 Å². The molecule has 3 N–H and O–H groups in total. The highest BCUT2D eigenvalue weighted by atomic mass is 16.5. The van der Waals surface area contributed by atoms with Crippen molar-refractivity contribution in [1.29, 1.82) is 0 Å². The van der Waals surface area contributed by atoms with Crippen LogP contribution in [0.5, 0.6) is 34.5 Å². The molecule has 0 fully saturated rings. The zero-order chi connectivity index (χ0) is 32.8. The number of hydrogen-bond acceptors (Lipinski definition) is 11. The first-order valence-electron chi connectivity index (χ1n) is 14.2. The molecule has 0 atom stereocenters. The van der Waals surface area contributed by atoms with E-state index in [4.69, 9.17) is 38.1 Å². The van der Waals surface area contributed by atoms with Crippen LogP contribution < -0.4 is 29.9 Å². The first kappa shape index (κ1) is 32.4. The van der Waals surface area contributed by atoms with Gasteiger partial charge in [-0.1, -0.05) is 12.1 Å². The summed E-state index contributed by atoms with van der Waals surface area (Å²) < 4.78 is 37.1. The number of fused-ring (bicyclic) bond motifs is 2. The molecule has 46 heavy (non-hydrogen) atoms. The molecule has 0 bridgehead atoms. The van der Waals surface area contributed by atoms with Crippen molar-refractivity contribution >= 4 is 37.1 Å². The highest BCUT2D eigenvalue weighted by Crippen LogP contribution is 2.31. The lowest BCUT2D eigenvalue weighted by Gasteiger charge is -2.11. The first-order chi connectivity index (χ1) is 22.2. The fraction of sp³-hybridized carbons (Fsp3) is 0.188. The summed E-state index contributed by atoms with van der Waals surface area (Å²) in [7, 11) is 1.12. The number of benzene rings is 4. The van der Waals surface area contributed by atoms with Gasteiger partial charge in [0.25, 0.3) is 0 Å². The molecule has 0 radical (unpaired) electrons. The summed E-state index contributed by atoms with van der Waals surface area (Å²) in [5, 5.41) is 28.3. The van der Waals surface area contributed by atoms with Crippen LogP contribution in [0.15, 0.2) is 72.8 Å². The molecule has 0 spiro atoms. The fourth-order valence-electron chi connectivity index (χ4n) is 4.84. The van der Waals surface area contributed by atoms with Crippen molar-refractivity contribution in [3.05, 3.63) is 95.1 Å². The van der Waals surface area contributed by atoms with E-state index in [9.17, 15) is 19.6 Å². The number of aromatic carboxylic acids is 1. The molecule has 0 saturated heterocycles. The second-order valence-electron chi connectivity index (χ2n) is 10.0. The van der Waals surface area contributed by atoms with Crippen LogP contribution >= 0.6 is 0 Å². The Morgan fingerprint density at radius 3 is 1.59 bits per heavy atom. The van der Waals surface area contributed by atoms with Gasteiger partial charge in [0.2, 0.25) is 0 Å². The van der Waals surface area contributed by atoms with Gasteiger partial charge in [0, 0.05) is 12.1 Å². The van der Waals surface area contributed by atoms with Gasteiger partial charge in [-0.15, -0.1) is 0 Å². The molecule has 0 aliphatic carbocycles. The molecule has 2 aliphatic heterocycles. The van der Waals surface area contributed by atoms with Gasteiger partial charge in [0.1, 0.15) is 45.6 Å². The van der Waals surface area contributed by atoms with Crippen LogP contribution in [0.25, 0.3) is 0 Å². The Kier molecular flexibility index (Phi) is 10.1. The number of carbonyl (C=O) groups excluding carboxylic acids is 1.